The lowest BCUT2D eigenvalue weighted by Gasteiger charge is -2.11. The first-order chi connectivity index (χ1) is 9.17. The summed E-state index contributed by atoms with van der Waals surface area (Å²) in [4.78, 5) is 11.3. The molecule has 1 rings (SSSR count). The minimum Gasteiger partial charge on any atom is -0.494 e. The summed E-state index contributed by atoms with van der Waals surface area (Å²) >= 11 is 0. The molecule has 0 bridgehead atoms. The van der Waals surface area contributed by atoms with E-state index in [2.05, 4.69) is 12.2 Å². The smallest absolute Gasteiger partial charge is 0.237 e. The third-order valence-electron chi connectivity index (χ3n) is 2.98. The van der Waals surface area contributed by atoms with E-state index in [0.717, 1.165) is 24.3 Å². The molecule has 1 aromatic rings. The molecule has 0 spiro atoms. The second-order valence-electron chi connectivity index (χ2n) is 4.62. The number of likely N-dealkylation sites (N-methyl/N-ethyl adjacent to an activating group) is 1. The number of hydrogen-bond donors (Lipinski definition) is 2. The van der Waals surface area contributed by atoms with Crippen LogP contribution in [-0.4, -0.2) is 25.6 Å². The fraction of sp³-hybridized carbons (Fsp3) is 0.533. The summed E-state index contributed by atoms with van der Waals surface area (Å²) in [6, 6.07) is 7.27. The average molecular weight is 264 g/mol. The molecule has 19 heavy (non-hydrogen) atoms. The Kier molecular flexibility index (Phi) is 6.97. The van der Waals surface area contributed by atoms with Crippen LogP contribution in [0.15, 0.2) is 24.3 Å². The summed E-state index contributed by atoms with van der Waals surface area (Å²) in [5.41, 5.74) is 6.81. The van der Waals surface area contributed by atoms with Crippen molar-refractivity contribution in [3.05, 3.63) is 29.8 Å². The number of unbranched alkanes of at least 4 members (excludes halogenated alkanes) is 2. The summed E-state index contributed by atoms with van der Waals surface area (Å²) in [6.45, 7) is 2.93. The zero-order valence-electron chi connectivity index (χ0n) is 11.8. The van der Waals surface area contributed by atoms with Gasteiger partial charge in [0.1, 0.15) is 5.75 Å². The molecular weight excluding hydrogens is 240 g/mol. The third kappa shape index (κ3) is 5.75. The van der Waals surface area contributed by atoms with Crippen molar-refractivity contribution in [2.24, 2.45) is 5.73 Å². The van der Waals surface area contributed by atoms with Crippen LogP contribution in [0.5, 0.6) is 5.75 Å². The Morgan fingerprint density at radius 2 is 2.00 bits per heavy atom. The number of carbonyl (C=O) groups excluding carboxylic acids is 1. The molecule has 106 valence electrons. The van der Waals surface area contributed by atoms with Crippen LogP contribution < -0.4 is 15.8 Å². The van der Waals surface area contributed by atoms with Gasteiger partial charge in [-0.3, -0.25) is 4.79 Å². The van der Waals surface area contributed by atoms with Crippen LogP contribution in [0.3, 0.4) is 0 Å². The minimum absolute atomic E-state index is 0.139. The first-order valence-electron chi connectivity index (χ1n) is 6.86. The fourth-order valence-electron chi connectivity index (χ4n) is 1.80. The molecule has 3 N–H and O–H groups in total. The zero-order valence-corrected chi connectivity index (χ0v) is 11.8. The van der Waals surface area contributed by atoms with Crippen LogP contribution in [0.25, 0.3) is 0 Å². The molecule has 0 aliphatic carbocycles. The first kappa shape index (κ1) is 15.5. The van der Waals surface area contributed by atoms with Gasteiger partial charge in [0, 0.05) is 7.05 Å². The summed E-state index contributed by atoms with van der Waals surface area (Å²) in [7, 11) is 1.59. The summed E-state index contributed by atoms with van der Waals surface area (Å²) in [6.07, 6.45) is 4.01. The first-order valence-corrected chi connectivity index (χ1v) is 6.86. The van der Waals surface area contributed by atoms with Gasteiger partial charge >= 0.3 is 0 Å². The van der Waals surface area contributed by atoms with E-state index in [1.54, 1.807) is 7.05 Å². The van der Waals surface area contributed by atoms with Crippen molar-refractivity contribution >= 4 is 5.91 Å². The standard InChI is InChI=1S/C15H24N2O2/c1-3-4-5-10-19-13-8-6-12(7-9-13)11-14(16)15(18)17-2/h6-9,14H,3-5,10-11,16H2,1-2H3,(H,17,18)/t14-/m0/s1. The van der Waals surface area contributed by atoms with Gasteiger partial charge in [-0.2, -0.15) is 0 Å². The predicted octanol–water partition coefficient (Wildman–Crippen LogP) is 1.87. The van der Waals surface area contributed by atoms with Gasteiger partial charge < -0.3 is 15.8 Å². The Morgan fingerprint density at radius 3 is 2.58 bits per heavy atom. The molecule has 0 unspecified atom stereocenters. The van der Waals surface area contributed by atoms with Crippen LogP contribution in [-0.2, 0) is 11.2 Å². The summed E-state index contributed by atoms with van der Waals surface area (Å²) in [5, 5.41) is 2.55. The van der Waals surface area contributed by atoms with Crippen molar-refractivity contribution in [2.75, 3.05) is 13.7 Å². The van der Waals surface area contributed by atoms with Crippen molar-refractivity contribution in [3.63, 3.8) is 0 Å². The molecule has 0 fully saturated rings. The lowest BCUT2D eigenvalue weighted by molar-refractivity contribution is -0.121. The van der Waals surface area contributed by atoms with Crippen molar-refractivity contribution in [1.82, 2.24) is 5.32 Å². The van der Waals surface area contributed by atoms with E-state index in [1.807, 2.05) is 24.3 Å². The van der Waals surface area contributed by atoms with Crippen LogP contribution >= 0.6 is 0 Å². The van der Waals surface area contributed by atoms with E-state index in [9.17, 15) is 4.79 Å². The van der Waals surface area contributed by atoms with Gasteiger partial charge in [-0.1, -0.05) is 31.9 Å². The van der Waals surface area contributed by atoms with Crippen LogP contribution in [0.2, 0.25) is 0 Å². The molecule has 1 aromatic carbocycles. The second kappa shape index (κ2) is 8.53. The highest BCUT2D eigenvalue weighted by atomic mass is 16.5. The van der Waals surface area contributed by atoms with Gasteiger partial charge in [-0.05, 0) is 30.5 Å². The zero-order chi connectivity index (χ0) is 14.1. The lowest BCUT2D eigenvalue weighted by Crippen LogP contribution is -2.40. The Bertz CT molecular complexity index is 376. The van der Waals surface area contributed by atoms with E-state index in [0.29, 0.717) is 6.42 Å². The number of amides is 1. The van der Waals surface area contributed by atoms with Crippen molar-refractivity contribution in [3.8, 4) is 5.75 Å². The highest BCUT2D eigenvalue weighted by Crippen LogP contribution is 2.14. The summed E-state index contributed by atoms with van der Waals surface area (Å²) in [5.74, 6) is 0.730. The average Bonchev–Trinajstić information content (AvgIpc) is 2.44. The molecule has 0 saturated carbocycles. The molecule has 0 aliphatic rings. The van der Waals surface area contributed by atoms with Gasteiger partial charge in [0.15, 0.2) is 0 Å². The number of nitrogens with two attached hydrogens (primary N) is 1. The molecule has 0 radical (unpaired) electrons. The van der Waals surface area contributed by atoms with E-state index < -0.39 is 6.04 Å². The normalized spacial score (nSPS) is 11.9. The van der Waals surface area contributed by atoms with Crippen LogP contribution in [0.4, 0.5) is 0 Å². The Balaban J connectivity index is 2.41. The van der Waals surface area contributed by atoms with Gasteiger partial charge in [0.2, 0.25) is 5.91 Å². The van der Waals surface area contributed by atoms with E-state index >= 15 is 0 Å². The molecule has 1 atom stereocenters. The topological polar surface area (TPSA) is 64.3 Å². The van der Waals surface area contributed by atoms with Crippen molar-refractivity contribution in [2.45, 2.75) is 38.6 Å². The number of benzene rings is 1. The van der Waals surface area contributed by atoms with Crippen molar-refractivity contribution in [1.29, 1.82) is 0 Å². The third-order valence-corrected chi connectivity index (χ3v) is 2.98. The summed E-state index contributed by atoms with van der Waals surface area (Å²) < 4.78 is 5.63. The van der Waals surface area contributed by atoms with Crippen LogP contribution in [0.1, 0.15) is 31.7 Å². The lowest BCUT2D eigenvalue weighted by atomic mass is 10.1. The Morgan fingerprint density at radius 1 is 1.32 bits per heavy atom. The van der Waals surface area contributed by atoms with Crippen molar-refractivity contribution < 1.29 is 9.53 Å². The highest BCUT2D eigenvalue weighted by molar-refractivity contribution is 5.81. The highest BCUT2D eigenvalue weighted by Gasteiger charge is 2.11. The molecule has 0 saturated heterocycles. The van der Waals surface area contributed by atoms with Crippen LogP contribution in [0, 0.1) is 0 Å². The number of rotatable bonds is 8. The maximum Gasteiger partial charge on any atom is 0.237 e. The predicted molar refractivity (Wildman–Crippen MR) is 77.2 cm³/mol. The van der Waals surface area contributed by atoms with Gasteiger partial charge in [-0.25, -0.2) is 0 Å². The molecule has 0 aromatic heterocycles. The minimum atomic E-state index is -0.499. The SMILES string of the molecule is CCCCCOc1ccc(C[C@H](N)C(=O)NC)cc1. The second-order valence-corrected chi connectivity index (χ2v) is 4.62. The molecule has 4 heteroatoms. The van der Waals surface area contributed by atoms with Gasteiger partial charge in [0.25, 0.3) is 0 Å². The quantitative estimate of drug-likeness (QED) is 0.705. The number of hydrogen-bond acceptors (Lipinski definition) is 3. The maximum absolute atomic E-state index is 11.3. The Hall–Kier alpha value is -1.55. The van der Waals surface area contributed by atoms with E-state index in [-0.39, 0.29) is 5.91 Å². The monoisotopic (exact) mass is 264 g/mol. The van der Waals surface area contributed by atoms with E-state index in [4.69, 9.17) is 10.5 Å². The molecule has 0 aliphatic heterocycles. The van der Waals surface area contributed by atoms with Gasteiger partial charge in [-0.15, -0.1) is 0 Å². The molecule has 0 heterocycles. The number of ether oxygens (including phenoxy) is 1. The fourth-order valence-corrected chi connectivity index (χ4v) is 1.80. The number of carbonyl (C=O) groups is 1. The molecule has 4 nitrogen and oxygen atoms in total. The van der Waals surface area contributed by atoms with Gasteiger partial charge in [0.05, 0.1) is 12.6 Å². The number of nitrogens with one attached hydrogen (secondary N) is 1. The molecule has 1 amide bonds. The largest absolute Gasteiger partial charge is 0.494 e. The van der Waals surface area contributed by atoms with E-state index in [1.165, 1.54) is 12.8 Å². The maximum atomic E-state index is 11.3. The Labute approximate surface area is 115 Å². The molecular formula is C15H24N2O2.